The number of rotatable bonds is 4. The van der Waals surface area contributed by atoms with Crippen molar-refractivity contribution in [2.24, 2.45) is 0 Å². The number of nitrogens with one attached hydrogen (secondary N) is 1. The molecule has 0 bridgehead atoms. The second kappa shape index (κ2) is 4.57. The monoisotopic (exact) mass is 235 g/mol. The van der Waals surface area contributed by atoms with E-state index in [1.165, 1.54) is 0 Å². The maximum atomic E-state index is 11.6. The Kier molecular flexibility index (Phi) is 3.12. The van der Waals surface area contributed by atoms with Gasteiger partial charge in [0, 0.05) is 6.04 Å². The van der Waals surface area contributed by atoms with Crippen LogP contribution >= 0.6 is 0 Å². The summed E-state index contributed by atoms with van der Waals surface area (Å²) >= 11 is 0. The molecule has 2 aromatic rings. The van der Waals surface area contributed by atoms with E-state index in [1.807, 2.05) is 4.57 Å². The lowest BCUT2D eigenvalue weighted by Crippen LogP contribution is -2.14. The Morgan fingerprint density at radius 1 is 1.53 bits per heavy atom. The molecule has 0 saturated carbocycles. The second-order valence-corrected chi connectivity index (χ2v) is 4.13. The van der Waals surface area contributed by atoms with E-state index in [9.17, 15) is 4.79 Å². The third kappa shape index (κ3) is 2.02. The first-order valence-electron chi connectivity index (χ1n) is 5.89. The Bertz CT molecular complexity index is 571. The molecule has 0 fully saturated rings. The van der Waals surface area contributed by atoms with Crippen molar-refractivity contribution in [1.82, 2.24) is 19.5 Å². The molecule has 3 N–H and O–H groups in total. The summed E-state index contributed by atoms with van der Waals surface area (Å²) in [5.41, 5.74) is 6.21. The zero-order chi connectivity index (χ0) is 12.4. The van der Waals surface area contributed by atoms with E-state index in [2.05, 4.69) is 28.8 Å². The molecular formula is C11H17N5O. The van der Waals surface area contributed by atoms with Gasteiger partial charge in [0.05, 0.1) is 6.33 Å². The molecule has 0 saturated heterocycles. The molecule has 0 radical (unpaired) electrons. The second-order valence-electron chi connectivity index (χ2n) is 4.13. The van der Waals surface area contributed by atoms with Gasteiger partial charge in [-0.1, -0.05) is 20.3 Å². The van der Waals surface area contributed by atoms with Crippen LogP contribution in [0.15, 0.2) is 11.1 Å². The van der Waals surface area contributed by atoms with E-state index < -0.39 is 0 Å². The van der Waals surface area contributed by atoms with Gasteiger partial charge in [-0.2, -0.15) is 4.98 Å². The number of H-pyrrole nitrogens is 1. The fourth-order valence-electron chi connectivity index (χ4n) is 2.08. The number of imidazole rings is 1. The lowest BCUT2D eigenvalue weighted by molar-refractivity contribution is 0.455. The van der Waals surface area contributed by atoms with Gasteiger partial charge >= 0.3 is 0 Å². The fourth-order valence-corrected chi connectivity index (χ4v) is 2.08. The van der Waals surface area contributed by atoms with Crippen LogP contribution in [0.3, 0.4) is 0 Å². The molecular weight excluding hydrogens is 218 g/mol. The van der Waals surface area contributed by atoms with E-state index in [0.29, 0.717) is 17.2 Å². The molecule has 0 aliphatic heterocycles. The smallest absolute Gasteiger partial charge is 0.280 e. The Hall–Kier alpha value is -1.85. The largest absolute Gasteiger partial charge is 0.369 e. The predicted molar refractivity (Wildman–Crippen MR) is 66.8 cm³/mol. The summed E-state index contributed by atoms with van der Waals surface area (Å²) in [7, 11) is 0. The number of nitrogens with zero attached hydrogens (tertiary/aromatic N) is 3. The van der Waals surface area contributed by atoms with Crippen LogP contribution < -0.4 is 11.3 Å². The van der Waals surface area contributed by atoms with Crippen LogP contribution in [0.2, 0.25) is 0 Å². The van der Waals surface area contributed by atoms with Gasteiger partial charge in [0.1, 0.15) is 0 Å². The normalized spacial score (nSPS) is 13.1. The third-order valence-corrected chi connectivity index (χ3v) is 2.94. The number of aromatic nitrogens is 4. The Balaban J connectivity index is 2.58. The highest BCUT2D eigenvalue weighted by atomic mass is 16.1. The zero-order valence-corrected chi connectivity index (χ0v) is 10.1. The first-order valence-corrected chi connectivity index (χ1v) is 5.89. The average molecular weight is 235 g/mol. The molecule has 2 aromatic heterocycles. The highest BCUT2D eigenvalue weighted by Crippen LogP contribution is 2.21. The molecule has 17 heavy (non-hydrogen) atoms. The highest BCUT2D eigenvalue weighted by molar-refractivity contribution is 5.70. The van der Waals surface area contributed by atoms with Crippen molar-refractivity contribution in [2.45, 2.75) is 39.2 Å². The molecule has 6 heteroatoms. The minimum absolute atomic E-state index is 0.135. The van der Waals surface area contributed by atoms with Crippen LogP contribution in [0.4, 0.5) is 5.95 Å². The Morgan fingerprint density at radius 3 is 2.94 bits per heavy atom. The summed E-state index contributed by atoms with van der Waals surface area (Å²) in [5, 5.41) is 0. The Morgan fingerprint density at radius 2 is 2.29 bits per heavy atom. The van der Waals surface area contributed by atoms with Gasteiger partial charge in [0.25, 0.3) is 5.56 Å². The predicted octanol–water partition coefficient (Wildman–Crippen LogP) is 1.45. The van der Waals surface area contributed by atoms with Crippen molar-refractivity contribution < 1.29 is 0 Å². The molecule has 2 rings (SSSR count). The average Bonchev–Trinajstić information content (AvgIpc) is 2.69. The molecule has 1 atom stereocenters. The lowest BCUT2D eigenvalue weighted by Gasteiger charge is -2.15. The van der Waals surface area contributed by atoms with Crippen molar-refractivity contribution >= 4 is 17.1 Å². The van der Waals surface area contributed by atoms with Gasteiger partial charge in [-0.15, -0.1) is 0 Å². The minimum Gasteiger partial charge on any atom is -0.369 e. The number of fused-ring (bicyclic) bond motifs is 1. The van der Waals surface area contributed by atoms with Crippen molar-refractivity contribution in [3.8, 4) is 0 Å². The number of hydrogen-bond donors (Lipinski definition) is 2. The van der Waals surface area contributed by atoms with Crippen molar-refractivity contribution in [2.75, 3.05) is 5.73 Å². The summed E-state index contributed by atoms with van der Waals surface area (Å²) < 4.78 is 1.95. The summed E-state index contributed by atoms with van der Waals surface area (Å²) in [6, 6.07) is 0.318. The standard InChI is InChI=1S/C11H17N5O/c1-3-5-7(4-2)16-6-13-8-9(16)14-11(12)15-10(8)17/h6-7H,3-5H2,1-2H3,(H3,12,14,15,17). The first kappa shape index (κ1) is 11.6. The fraction of sp³-hybridized carbons (Fsp3) is 0.545. The molecule has 0 aliphatic rings. The van der Waals surface area contributed by atoms with Crippen LogP contribution in [0.25, 0.3) is 11.2 Å². The number of hydrogen-bond acceptors (Lipinski definition) is 4. The molecule has 0 aliphatic carbocycles. The Labute approximate surface area is 98.9 Å². The maximum Gasteiger partial charge on any atom is 0.280 e. The summed E-state index contributed by atoms with van der Waals surface area (Å²) in [6.45, 7) is 4.25. The van der Waals surface area contributed by atoms with Gasteiger partial charge in [-0.05, 0) is 12.8 Å². The van der Waals surface area contributed by atoms with Crippen LogP contribution in [0, 0.1) is 0 Å². The number of nitrogens with two attached hydrogens (primary N) is 1. The van der Waals surface area contributed by atoms with Gasteiger partial charge in [0.2, 0.25) is 5.95 Å². The van der Waals surface area contributed by atoms with E-state index in [4.69, 9.17) is 5.73 Å². The van der Waals surface area contributed by atoms with E-state index in [1.54, 1.807) is 6.33 Å². The molecule has 0 amide bonds. The number of anilines is 1. The van der Waals surface area contributed by atoms with Gasteiger partial charge in [-0.25, -0.2) is 4.98 Å². The topological polar surface area (TPSA) is 89.6 Å². The van der Waals surface area contributed by atoms with Gasteiger partial charge in [-0.3, -0.25) is 9.78 Å². The molecule has 0 spiro atoms. The zero-order valence-electron chi connectivity index (χ0n) is 10.1. The number of nitrogen functional groups attached to an aromatic ring is 1. The van der Waals surface area contributed by atoms with Crippen molar-refractivity contribution in [3.05, 3.63) is 16.7 Å². The SMILES string of the molecule is CCCC(CC)n1cnc2c(=O)[nH]c(N)nc21. The molecule has 2 heterocycles. The van der Waals surface area contributed by atoms with Crippen molar-refractivity contribution in [3.63, 3.8) is 0 Å². The third-order valence-electron chi connectivity index (χ3n) is 2.94. The first-order chi connectivity index (χ1) is 8.17. The quantitative estimate of drug-likeness (QED) is 0.839. The molecule has 1 unspecified atom stereocenters. The van der Waals surface area contributed by atoms with Gasteiger partial charge < -0.3 is 10.3 Å². The van der Waals surface area contributed by atoms with E-state index in [0.717, 1.165) is 19.3 Å². The maximum absolute atomic E-state index is 11.6. The minimum atomic E-state index is -0.280. The summed E-state index contributed by atoms with van der Waals surface area (Å²) in [6.07, 6.45) is 4.77. The van der Waals surface area contributed by atoms with E-state index >= 15 is 0 Å². The van der Waals surface area contributed by atoms with Crippen LogP contribution in [0.1, 0.15) is 39.2 Å². The molecule has 6 nitrogen and oxygen atoms in total. The molecule has 0 aromatic carbocycles. The molecule has 92 valence electrons. The lowest BCUT2D eigenvalue weighted by atomic mass is 10.1. The van der Waals surface area contributed by atoms with E-state index in [-0.39, 0.29) is 11.5 Å². The van der Waals surface area contributed by atoms with Crippen LogP contribution in [-0.4, -0.2) is 19.5 Å². The number of aromatic amines is 1. The summed E-state index contributed by atoms with van der Waals surface area (Å²) in [4.78, 5) is 22.4. The summed E-state index contributed by atoms with van der Waals surface area (Å²) in [5.74, 6) is 0.135. The highest BCUT2D eigenvalue weighted by Gasteiger charge is 2.14. The van der Waals surface area contributed by atoms with Crippen LogP contribution in [0.5, 0.6) is 0 Å². The van der Waals surface area contributed by atoms with Crippen LogP contribution in [-0.2, 0) is 0 Å². The van der Waals surface area contributed by atoms with Crippen molar-refractivity contribution in [1.29, 1.82) is 0 Å². The van der Waals surface area contributed by atoms with Gasteiger partial charge in [0.15, 0.2) is 11.2 Å².